The van der Waals surface area contributed by atoms with E-state index in [0.717, 1.165) is 17.7 Å². The van der Waals surface area contributed by atoms with Gasteiger partial charge in [-0.3, -0.25) is 19.1 Å². The van der Waals surface area contributed by atoms with Crippen LogP contribution in [0.5, 0.6) is 11.6 Å². The number of benzene rings is 2. The molecule has 1 aromatic heterocycles. The summed E-state index contributed by atoms with van der Waals surface area (Å²) < 4.78 is 98.8. The van der Waals surface area contributed by atoms with Crippen molar-refractivity contribution in [2.75, 3.05) is 13.7 Å². The second kappa shape index (κ2) is 20.0. The zero-order valence-corrected chi connectivity index (χ0v) is 37.8. The van der Waals surface area contributed by atoms with E-state index in [4.69, 9.17) is 24.9 Å². The van der Waals surface area contributed by atoms with Crippen LogP contribution in [0.4, 0.5) is 22.4 Å². The van der Waals surface area contributed by atoms with Gasteiger partial charge in [-0.05, 0) is 130 Å². The van der Waals surface area contributed by atoms with Crippen molar-refractivity contribution in [3.8, 4) is 22.9 Å². The number of nitrogens with one attached hydrogen (secondary N) is 2. The first-order valence-electron chi connectivity index (χ1n) is 21.9. The lowest BCUT2D eigenvalue weighted by atomic mass is 9.87. The Morgan fingerprint density at radius 1 is 1.02 bits per heavy atom. The molecule has 0 spiro atoms. The monoisotopic (exact) mass is 931 g/mol. The van der Waals surface area contributed by atoms with Crippen LogP contribution in [0.15, 0.2) is 60.7 Å². The van der Waals surface area contributed by atoms with E-state index in [1.54, 1.807) is 43.3 Å². The molecule has 7 atom stereocenters. The Morgan fingerprint density at radius 2 is 1.72 bits per heavy atom. The zero-order valence-electron chi connectivity index (χ0n) is 37.0. The number of fused-ring (bicyclic) bond motifs is 1. The molecular weight excluding hydrogens is 875 g/mol. The van der Waals surface area contributed by atoms with Gasteiger partial charge in [0, 0.05) is 23.3 Å². The lowest BCUT2D eigenvalue weighted by Crippen LogP contribution is -2.56. The predicted molar refractivity (Wildman–Crippen MR) is 233 cm³/mol. The van der Waals surface area contributed by atoms with E-state index in [1.807, 2.05) is 19.1 Å². The minimum Gasteiger partial charge on any atom is -0.497 e. The number of methoxy groups -OCH3 is 1. The number of carbonyl (C=O) groups is 4. The Hall–Kier alpha value is -5.46. The van der Waals surface area contributed by atoms with Crippen molar-refractivity contribution in [2.24, 2.45) is 29.4 Å². The van der Waals surface area contributed by atoms with E-state index in [2.05, 4.69) is 10.0 Å². The Kier molecular flexibility index (Phi) is 15.0. The minimum atomic E-state index is -4.93. The molecular formula is C46H57F4N5O9S. The highest BCUT2D eigenvalue weighted by molar-refractivity contribution is 7.90. The van der Waals surface area contributed by atoms with Crippen molar-refractivity contribution in [1.82, 2.24) is 19.9 Å². The van der Waals surface area contributed by atoms with E-state index >= 15 is 0 Å². The number of halogens is 4. The molecule has 2 saturated carbocycles. The largest absolute Gasteiger partial charge is 0.497 e. The summed E-state index contributed by atoms with van der Waals surface area (Å²) in [5, 5.41) is 3.10. The number of sulfonamides is 1. The van der Waals surface area contributed by atoms with Gasteiger partial charge in [-0.2, -0.15) is 13.2 Å². The number of alkyl carbamates (subject to hydrolysis) is 1. The Labute approximate surface area is 376 Å². The first-order valence-corrected chi connectivity index (χ1v) is 23.4. The number of primary amides is 1. The highest BCUT2D eigenvalue weighted by Crippen LogP contribution is 2.37. The predicted octanol–water partition coefficient (Wildman–Crippen LogP) is 7.34. The standard InChI is InChI=1S/C46H57F4N5O9S/c1-26(9-6-7-10-28-11-8-12-35(28)41(57)54-65(60,61)34-18-19-34)21-27(2)39(53-44(59)64-45(3,4)46(48,49)50)43(58)55-25-33(24-38(55)40(51)56)63-42-36-20-17-32(62-5)22-30(36)23-37(52-42)29-13-15-31(47)16-14-29/h7,10,13-17,20,22-23,26-28,33-35,38-39H,6,8-9,11-12,18-19,21,24-25H2,1-5H3,(H2,51,56)(H,53,59)(H,54,57)/b10-7-/t26-,27+,28+,33+,35?,38-,39-/m0/s1. The fourth-order valence-corrected chi connectivity index (χ4v) is 9.93. The molecule has 2 aromatic carbocycles. The molecule has 0 radical (unpaired) electrons. The number of nitrogens with two attached hydrogens (primary N) is 1. The van der Waals surface area contributed by atoms with Gasteiger partial charge in [0.2, 0.25) is 39.2 Å². The van der Waals surface area contributed by atoms with Gasteiger partial charge in [0.05, 0.1) is 24.6 Å². The number of hydrogen-bond donors (Lipinski definition) is 3. The van der Waals surface area contributed by atoms with E-state index in [9.17, 15) is 45.2 Å². The molecule has 1 unspecified atom stereocenters. The molecule has 4 N–H and O–H groups in total. The summed E-state index contributed by atoms with van der Waals surface area (Å²) >= 11 is 0. The third kappa shape index (κ3) is 12.1. The van der Waals surface area contributed by atoms with E-state index in [-0.39, 0.29) is 30.7 Å². The number of rotatable bonds is 18. The summed E-state index contributed by atoms with van der Waals surface area (Å²) in [6, 6.07) is 9.99. The first-order chi connectivity index (χ1) is 30.6. The second-order valence-corrected chi connectivity index (χ2v) is 20.0. The van der Waals surface area contributed by atoms with Crippen LogP contribution in [0, 0.1) is 29.5 Å². The number of alkyl halides is 3. The fraction of sp³-hybridized carbons (Fsp3) is 0.543. The summed E-state index contributed by atoms with van der Waals surface area (Å²) in [4.78, 5) is 59.5. The summed E-state index contributed by atoms with van der Waals surface area (Å²) in [5.41, 5.74) is 3.96. The maximum atomic E-state index is 14.6. The molecule has 1 aliphatic heterocycles. The van der Waals surface area contributed by atoms with E-state index < -0.39 is 86.7 Å². The number of pyridine rings is 1. The molecule has 65 heavy (non-hydrogen) atoms. The number of allylic oxidation sites excluding steroid dienone is 2. The van der Waals surface area contributed by atoms with Gasteiger partial charge in [-0.25, -0.2) is 22.6 Å². The third-order valence-corrected chi connectivity index (χ3v) is 14.4. The lowest BCUT2D eigenvalue weighted by Gasteiger charge is -2.33. The molecule has 3 aromatic rings. The molecule has 14 nitrogen and oxygen atoms in total. The van der Waals surface area contributed by atoms with E-state index in [1.165, 1.54) is 19.2 Å². The van der Waals surface area contributed by atoms with E-state index in [0.29, 0.717) is 80.2 Å². The number of nitrogens with zero attached hydrogens (tertiary/aromatic N) is 2. The minimum absolute atomic E-state index is 0.0730. The van der Waals surface area contributed by atoms with Gasteiger partial charge in [0.1, 0.15) is 29.8 Å². The lowest BCUT2D eigenvalue weighted by molar-refractivity contribution is -0.244. The zero-order chi connectivity index (χ0) is 47.4. The van der Waals surface area contributed by atoms with Crippen LogP contribution >= 0.6 is 0 Å². The average molecular weight is 932 g/mol. The van der Waals surface area contributed by atoms with Crippen molar-refractivity contribution in [3.63, 3.8) is 0 Å². The summed E-state index contributed by atoms with van der Waals surface area (Å²) in [5.74, 6) is -3.25. The summed E-state index contributed by atoms with van der Waals surface area (Å²) in [6.07, 6.45) is 1.20. The Bertz CT molecular complexity index is 2380. The van der Waals surface area contributed by atoms with Crippen LogP contribution in [0.1, 0.15) is 85.5 Å². The van der Waals surface area contributed by atoms with Gasteiger partial charge >= 0.3 is 12.3 Å². The first kappa shape index (κ1) is 49.0. The maximum Gasteiger partial charge on any atom is 0.427 e. The highest BCUT2D eigenvalue weighted by Gasteiger charge is 2.52. The molecule has 2 heterocycles. The van der Waals surface area contributed by atoms with Gasteiger partial charge < -0.3 is 30.2 Å². The van der Waals surface area contributed by atoms with Crippen LogP contribution < -0.4 is 25.2 Å². The van der Waals surface area contributed by atoms with Gasteiger partial charge in [-0.1, -0.05) is 32.4 Å². The highest BCUT2D eigenvalue weighted by atomic mass is 32.2. The molecule has 3 aliphatic rings. The van der Waals surface area contributed by atoms with Crippen molar-refractivity contribution in [2.45, 2.75) is 121 Å². The topological polar surface area (TPSA) is 196 Å². The molecule has 0 bridgehead atoms. The smallest absolute Gasteiger partial charge is 0.427 e. The summed E-state index contributed by atoms with van der Waals surface area (Å²) in [6.45, 7) is 4.75. The van der Waals surface area contributed by atoms with Crippen molar-refractivity contribution in [3.05, 3.63) is 66.5 Å². The number of carbonyl (C=O) groups excluding carboxylic acids is 4. The average Bonchev–Trinajstić information content (AvgIpc) is 3.86. The van der Waals surface area contributed by atoms with Crippen molar-refractivity contribution >= 4 is 44.6 Å². The number of aromatic nitrogens is 1. The second-order valence-electron chi connectivity index (χ2n) is 18.0. The number of ether oxygens (including phenoxy) is 3. The van der Waals surface area contributed by atoms with Gasteiger partial charge in [-0.15, -0.1) is 0 Å². The van der Waals surface area contributed by atoms with Crippen LogP contribution in [-0.4, -0.2) is 91.0 Å². The summed E-state index contributed by atoms with van der Waals surface area (Å²) in [7, 11) is -2.15. The molecule has 3 fully saturated rings. The third-order valence-electron chi connectivity index (χ3n) is 12.5. The number of hydrogen-bond acceptors (Lipinski definition) is 10. The SMILES string of the molecule is COc1ccc2c(O[C@@H]3C[C@@H](C(N)=O)N(C(=O)[C@@H](NC(=O)OC(C)(C)C(F)(F)F)[C@H](C)C[C@@H](C)CC/C=C\[C@@H]4CCCC4C(=O)NS(=O)(=O)C4CC4)C3)nc(-c3ccc(F)cc3)cc2c1. The number of amides is 4. The Morgan fingerprint density at radius 3 is 2.37 bits per heavy atom. The Balaban J connectivity index is 1.17. The maximum absolute atomic E-state index is 14.6. The molecule has 6 rings (SSSR count). The van der Waals surface area contributed by atoms with Crippen LogP contribution in [0.3, 0.4) is 0 Å². The molecule has 354 valence electrons. The molecule has 1 saturated heterocycles. The van der Waals surface area contributed by atoms with Gasteiger partial charge in [0.25, 0.3) is 0 Å². The van der Waals surface area contributed by atoms with Gasteiger partial charge in [0.15, 0.2) is 0 Å². The van der Waals surface area contributed by atoms with Crippen LogP contribution in [-0.2, 0) is 29.1 Å². The fourth-order valence-electron chi connectivity index (χ4n) is 8.58. The number of likely N-dealkylation sites (tertiary alicyclic amines) is 1. The van der Waals surface area contributed by atoms with Crippen molar-refractivity contribution in [1.29, 1.82) is 0 Å². The van der Waals surface area contributed by atoms with Crippen LogP contribution in [0.2, 0.25) is 0 Å². The quantitative estimate of drug-likeness (QED) is 0.0858. The normalized spacial score (nSPS) is 21.8. The van der Waals surface area contributed by atoms with Crippen LogP contribution in [0.25, 0.3) is 22.0 Å². The van der Waals surface area contributed by atoms with Crippen molar-refractivity contribution < 1.29 is 59.4 Å². The molecule has 19 heteroatoms. The molecule has 4 amide bonds. The molecule has 2 aliphatic carbocycles.